The molecule has 1 aromatic carbocycles. The van der Waals surface area contributed by atoms with Crippen LogP contribution in [0.2, 0.25) is 0 Å². The Bertz CT molecular complexity index is 1660. The van der Waals surface area contributed by atoms with Crippen LogP contribution in [-0.2, 0) is 25.7 Å². The number of aromatic nitrogens is 4. The molecule has 1 amide bonds. The largest absolute Gasteiger partial charge is 0.481 e. The Kier molecular flexibility index (Phi) is 21.1. The number of anilines is 3. The number of ether oxygens (including phenoxy) is 1. The Hall–Kier alpha value is -4.92. The average Bonchev–Trinajstić information content (AvgIpc) is 3.18. The first kappa shape index (κ1) is 45.5. The summed E-state index contributed by atoms with van der Waals surface area (Å²) >= 11 is 0. The minimum Gasteiger partial charge on any atom is -0.481 e. The Morgan fingerprint density at radius 1 is 0.768 bits per heavy atom. The van der Waals surface area contributed by atoms with Gasteiger partial charge in [-0.05, 0) is 49.9 Å². The molecule has 7 N–H and O–H groups in total. The molecule has 2 aromatic heterocycles. The summed E-state index contributed by atoms with van der Waals surface area (Å²) in [5.41, 5.74) is 13.9. The van der Waals surface area contributed by atoms with Crippen molar-refractivity contribution in [3.63, 3.8) is 0 Å². The van der Waals surface area contributed by atoms with Crippen LogP contribution in [0.5, 0.6) is 0 Å². The fraction of sp³-hybridized carbons (Fsp3) is 0.610. The van der Waals surface area contributed by atoms with E-state index >= 15 is 0 Å². The molecule has 2 heterocycles. The Balaban J connectivity index is 1.30. The topological polar surface area (TPSA) is 237 Å². The first-order valence-electron chi connectivity index (χ1n) is 20.2. The van der Waals surface area contributed by atoms with E-state index in [9.17, 15) is 24.3 Å². The smallest absolute Gasteiger partial charge is 0.305 e. The Morgan fingerprint density at radius 2 is 1.36 bits per heavy atom. The van der Waals surface area contributed by atoms with Gasteiger partial charge in [0.2, 0.25) is 5.95 Å². The highest BCUT2D eigenvalue weighted by Crippen LogP contribution is 2.20. The fourth-order valence-electron chi connectivity index (χ4n) is 6.44. The molecule has 1 atom stereocenters. The lowest BCUT2D eigenvalue weighted by atomic mass is 10.0. The van der Waals surface area contributed by atoms with Gasteiger partial charge in [0.25, 0.3) is 5.91 Å². The maximum atomic E-state index is 13.1. The minimum absolute atomic E-state index is 0.0153. The monoisotopic (exact) mass is 778 g/mol. The van der Waals surface area contributed by atoms with Crippen molar-refractivity contribution in [2.75, 3.05) is 36.6 Å². The van der Waals surface area contributed by atoms with Gasteiger partial charge in [-0.3, -0.25) is 19.2 Å². The molecule has 308 valence electrons. The van der Waals surface area contributed by atoms with E-state index in [4.69, 9.17) is 21.3 Å². The molecule has 0 spiro atoms. The van der Waals surface area contributed by atoms with Crippen molar-refractivity contribution in [2.45, 2.75) is 141 Å². The van der Waals surface area contributed by atoms with Gasteiger partial charge >= 0.3 is 11.9 Å². The van der Waals surface area contributed by atoms with Crippen LogP contribution in [0.3, 0.4) is 0 Å². The van der Waals surface area contributed by atoms with Crippen LogP contribution in [0.25, 0.3) is 11.2 Å². The van der Waals surface area contributed by atoms with E-state index in [0.717, 1.165) is 37.8 Å². The number of esters is 1. The normalized spacial score (nSPS) is 11.7. The first-order chi connectivity index (χ1) is 27.1. The zero-order valence-corrected chi connectivity index (χ0v) is 33.1. The summed E-state index contributed by atoms with van der Waals surface area (Å²) in [6, 6.07) is 5.75. The van der Waals surface area contributed by atoms with Crippen LogP contribution in [0.15, 0.2) is 30.5 Å². The number of benzene rings is 1. The molecule has 0 bridgehead atoms. The van der Waals surface area contributed by atoms with Crippen molar-refractivity contribution in [3.05, 3.63) is 41.7 Å². The number of unbranched alkanes of at least 4 members (excludes halogenated alkanes) is 14. The molecule has 15 nitrogen and oxygen atoms in total. The molecule has 56 heavy (non-hydrogen) atoms. The highest BCUT2D eigenvalue weighted by atomic mass is 16.5. The van der Waals surface area contributed by atoms with Gasteiger partial charge in [0.1, 0.15) is 0 Å². The van der Waals surface area contributed by atoms with Gasteiger partial charge in [-0.1, -0.05) is 83.5 Å². The maximum Gasteiger partial charge on any atom is 0.305 e. The molecule has 0 unspecified atom stereocenters. The van der Waals surface area contributed by atoms with E-state index in [-0.39, 0.29) is 55.8 Å². The molecule has 0 radical (unpaired) electrons. The molecular weight excluding hydrogens is 716 g/mol. The molecule has 3 aromatic rings. The number of aliphatic hydroxyl groups excluding tert-OH is 1. The number of carbonyl (C=O) groups is 4. The van der Waals surface area contributed by atoms with E-state index in [1.807, 2.05) is 11.9 Å². The first-order valence-corrected chi connectivity index (χ1v) is 20.2. The number of rotatable bonds is 30. The minimum atomic E-state index is -1.07. The Labute approximate surface area is 330 Å². The van der Waals surface area contributed by atoms with Crippen molar-refractivity contribution in [1.29, 1.82) is 0 Å². The van der Waals surface area contributed by atoms with E-state index in [2.05, 4.69) is 25.3 Å². The molecule has 0 aliphatic carbocycles. The predicted molar refractivity (Wildman–Crippen MR) is 217 cm³/mol. The molecule has 0 saturated heterocycles. The average molecular weight is 779 g/mol. The molecule has 3 rings (SSSR count). The second-order valence-corrected chi connectivity index (χ2v) is 14.4. The van der Waals surface area contributed by atoms with Gasteiger partial charge in [-0.15, -0.1) is 0 Å². The second kappa shape index (κ2) is 26.0. The SMILES string of the molecule is CN(Cc1cnc2nc(N)nc(N)c2n1)c1ccc(C(=O)N[C@@H](CCC(=O)O)C(=O)CCCOC(=O)CCCCCCCCCCCCCCCCCO)cc1. The number of nitrogens with zero attached hydrogens (tertiary/aromatic N) is 5. The number of hydrogen-bond acceptors (Lipinski definition) is 13. The van der Waals surface area contributed by atoms with Crippen molar-refractivity contribution in [3.8, 4) is 0 Å². The number of hydrogen-bond donors (Lipinski definition) is 5. The van der Waals surface area contributed by atoms with Crippen molar-refractivity contribution in [2.24, 2.45) is 0 Å². The summed E-state index contributed by atoms with van der Waals surface area (Å²) in [4.78, 5) is 68.3. The van der Waals surface area contributed by atoms with Crippen LogP contribution in [0.4, 0.5) is 17.5 Å². The lowest BCUT2D eigenvalue weighted by Crippen LogP contribution is -2.41. The van der Waals surface area contributed by atoms with Crippen LogP contribution in [0, 0.1) is 0 Å². The number of aliphatic carboxylic acids is 1. The van der Waals surface area contributed by atoms with Crippen molar-refractivity contribution >= 4 is 52.2 Å². The number of Topliss-reactive ketones (excluding diaryl/α,β-unsaturated/α-hetero) is 1. The second-order valence-electron chi connectivity index (χ2n) is 14.4. The van der Waals surface area contributed by atoms with Crippen LogP contribution < -0.4 is 21.7 Å². The van der Waals surface area contributed by atoms with Gasteiger partial charge in [-0.2, -0.15) is 9.97 Å². The molecule has 15 heteroatoms. The molecule has 0 fully saturated rings. The van der Waals surface area contributed by atoms with Gasteiger partial charge in [0, 0.05) is 44.2 Å². The summed E-state index contributed by atoms with van der Waals surface area (Å²) in [5.74, 6) is -2.03. The number of nitrogen functional groups attached to an aromatic ring is 2. The molecular formula is C41H62N8O7. The lowest BCUT2D eigenvalue weighted by Gasteiger charge is -2.20. The number of nitrogens with one attached hydrogen (secondary N) is 1. The number of ketones is 1. The number of aliphatic hydroxyl groups is 1. The third-order valence-electron chi connectivity index (χ3n) is 9.68. The van der Waals surface area contributed by atoms with Crippen molar-refractivity contribution in [1.82, 2.24) is 25.3 Å². The highest BCUT2D eigenvalue weighted by molar-refractivity contribution is 5.98. The third kappa shape index (κ3) is 17.7. The molecule has 0 aliphatic heterocycles. The zero-order valence-electron chi connectivity index (χ0n) is 33.1. The number of amides is 1. The van der Waals surface area contributed by atoms with E-state index in [1.54, 1.807) is 30.5 Å². The number of carboxylic acid groups (broad SMARTS) is 1. The number of carboxylic acids is 1. The fourth-order valence-corrected chi connectivity index (χ4v) is 6.44. The van der Waals surface area contributed by atoms with E-state index in [0.29, 0.717) is 42.0 Å². The Morgan fingerprint density at radius 3 is 1.95 bits per heavy atom. The van der Waals surface area contributed by atoms with Crippen LogP contribution in [-0.4, -0.2) is 80.1 Å². The van der Waals surface area contributed by atoms with Gasteiger partial charge in [0.15, 0.2) is 22.8 Å². The van der Waals surface area contributed by atoms with Crippen molar-refractivity contribution < 1.29 is 34.1 Å². The van der Waals surface area contributed by atoms with Gasteiger partial charge in [-0.25, -0.2) is 9.97 Å². The predicted octanol–water partition coefficient (Wildman–Crippen LogP) is 6.31. The summed E-state index contributed by atoms with van der Waals surface area (Å²) in [5, 5.41) is 20.7. The van der Waals surface area contributed by atoms with Crippen LogP contribution >= 0.6 is 0 Å². The summed E-state index contributed by atoms with van der Waals surface area (Å²) < 4.78 is 5.33. The summed E-state index contributed by atoms with van der Waals surface area (Å²) in [7, 11) is 1.85. The quantitative estimate of drug-likeness (QED) is 0.0368. The molecule has 0 aliphatic rings. The number of nitrogens with two attached hydrogens (primary N) is 2. The molecule has 0 saturated carbocycles. The number of carbonyl (C=O) groups excluding carboxylic acids is 3. The maximum absolute atomic E-state index is 13.1. The van der Waals surface area contributed by atoms with E-state index in [1.165, 1.54) is 64.2 Å². The summed E-state index contributed by atoms with van der Waals surface area (Å²) in [6.07, 6.45) is 19.5. The lowest BCUT2D eigenvalue weighted by molar-refractivity contribution is -0.144. The van der Waals surface area contributed by atoms with Gasteiger partial charge in [0.05, 0.1) is 31.1 Å². The van der Waals surface area contributed by atoms with Gasteiger partial charge < -0.3 is 36.6 Å². The standard InChI is InChI=1S/C41H62N8O7/c1-49(29-31-28-44-39-37(45-31)38(42)47-41(43)48-39)32-22-20-30(21-23-32)40(55)46-33(24-25-35(52)53)34(51)18-17-27-56-36(54)19-15-13-11-9-7-5-3-2-4-6-8-10-12-14-16-26-50/h20-23,28,33,50H,2-19,24-27,29H2,1H3,(H,46,55)(H,52,53)(H4,42,43,44,47,48)/t33-/m0/s1. The van der Waals surface area contributed by atoms with Crippen LogP contribution in [0.1, 0.15) is 144 Å². The third-order valence-corrected chi connectivity index (χ3v) is 9.68. The number of fused-ring (bicyclic) bond motifs is 1. The summed E-state index contributed by atoms with van der Waals surface area (Å²) in [6.45, 7) is 0.766. The highest BCUT2D eigenvalue weighted by Gasteiger charge is 2.22. The van der Waals surface area contributed by atoms with E-state index < -0.39 is 17.9 Å². The zero-order chi connectivity index (χ0) is 40.5.